The highest BCUT2D eigenvalue weighted by atomic mass is 32.1. The number of amides is 2. The quantitative estimate of drug-likeness (QED) is 0.453. The molecule has 3 aromatic rings. The van der Waals surface area contributed by atoms with Gasteiger partial charge in [-0.25, -0.2) is 0 Å². The van der Waals surface area contributed by atoms with E-state index in [9.17, 15) is 9.59 Å². The first kappa shape index (κ1) is 24.2. The number of methoxy groups -OCH3 is 2. The van der Waals surface area contributed by atoms with Gasteiger partial charge < -0.3 is 19.7 Å². The number of hydrogen-bond donors (Lipinski definition) is 1. The van der Waals surface area contributed by atoms with Gasteiger partial charge in [-0.3, -0.25) is 14.5 Å². The SMILES string of the molecule is COc1ccc(CCN2C(=S)N(c3ccccc3)C(=O)[C@H]2CC(=O)Nc2ccccc2)cc1OC. The fraction of sp³-hybridized carbons (Fsp3) is 0.222. The molecule has 1 aliphatic heterocycles. The standard InChI is InChI=1S/C27H27N3O4S/c1-33-23-14-13-19(17-24(23)34-2)15-16-29-22(18-25(31)28-20-9-5-3-6-10-20)26(32)30(27(29)35)21-11-7-4-8-12-21/h3-14,17,22H,15-16,18H2,1-2H3,(H,28,31)/t22-/m1/s1. The lowest BCUT2D eigenvalue weighted by atomic mass is 10.1. The van der Waals surface area contributed by atoms with Crippen molar-refractivity contribution in [3.8, 4) is 11.5 Å². The Bertz CT molecular complexity index is 1200. The Labute approximate surface area is 210 Å². The summed E-state index contributed by atoms with van der Waals surface area (Å²) in [4.78, 5) is 29.7. The van der Waals surface area contributed by atoms with E-state index in [0.29, 0.717) is 41.0 Å². The number of anilines is 2. The van der Waals surface area contributed by atoms with Crippen molar-refractivity contribution in [2.24, 2.45) is 0 Å². The Morgan fingerprint density at radius 3 is 2.26 bits per heavy atom. The van der Waals surface area contributed by atoms with Crippen molar-refractivity contribution in [1.29, 1.82) is 0 Å². The van der Waals surface area contributed by atoms with Gasteiger partial charge in [0.25, 0.3) is 5.91 Å². The summed E-state index contributed by atoms with van der Waals surface area (Å²) >= 11 is 5.74. The van der Waals surface area contributed by atoms with Gasteiger partial charge in [0, 0.05) is 12.2 Å². The van der Waals surface area contributed by atoms with Crippen molar-refractivity contribution in [3.05, 3.63) is 84.4 Å². The topological polar surface area (TPSA) is 71.1 Å². The third kappa shape index (κ3) is 5.44. The summed E-state index contributed by atoms with van der Waals surface area (Å²) in [5, 5.41) is 3.26. The van der Waals surface area contributed by atoms with Crippen LogP contribution in [0.4, 0.5) is 11.4 Å². The molecule has 1 aliphatic rings. The molecule has 180 valence electrons. The van der Waals surface area contributed by atoms with Crippen LogP contribution in [-0.4, -0.2) is 48.6 Å². The molecule has 1 heterocycles. The van der Waals surface area contributed by atoms with E-state index in [1.54, 1.807) is 14.2 Å². The van der Waals surface area contributed by atoms with Gasteiger partial charge in [-0.05, 0) is 60.6 Å². The average Bonchev–Trinajstić information content (AvgIpc) is 3.11. The molecule has 2 amide bonds. The third-order valence-corrected chi connectivity index (χ3v) is 6.28. The predicted molar refractivity (Wildman–Crippen MR) is 140 cm³/mol. The van der Waals surface area contributed by atoms with Crippen LogP contribution >= 0.6 is 12.2 Å². The maximum atomic E-state index is 13.5. The predicted octanol–water partition coefficient (Wildman–Crippen LogP) is 4.28. The molecular weight excluding hydrogens is 462 g/mol. The van der Waals surface area contributed by atoms with Gasteiger partial charge in [-0.15, -0.1) is 0 Å². The second kappa shape index (κ2) is 11.0. The number of thiocarbonyl (C=S) groups is 1. The number of para-hydroxylation sites is 2. The number of nitrogens with one attached hydrogen (secondary N) is 1. The van der Waals surface area contributed by atoms with Crippen LogP contribution in [0, 0.1) is 0 Å². The summed E-state index contributed by atoms with van der Waals surface area (Å²) in [6.07, 6.45) is 0.594. The molecule has 4 rings (SSSR count). The van der Waals surface area contributed by atoms with Crippen molar-refractivity contribution in [3.63, 3.8) is 0 Å². The number of benzene rings is 3. The summed E-state index contributed by atoms with van der Waals surface area (Å²) in [7, 11) is 3.18. The van der Waals surface area contributed by atoms with Gasteiger partial charge in [-0.2, -0.15) is 0 Å². The molecule has 1 N–H and O–H groups in total. The van der Waals surface area contributed by atoms with Crippen LogP contribution in [0.25, 0.3) is 0 Å². The lowest BCUT2D eigenvalue weighted by Gasteiger charge is -2.24. The van der Waals surface area contributed by atoms with Crippen LogP contribution < -0.4 is 19.7 Å². The molecule has 35 heavy (non-hydrogen) atoms. The Morgan fingerprint density at radius 1 is 0.943 bits per heavy atom. The van der Waals surface area contributed by atoms with Crippen LogP contribution in [0.1, 0.15) is 12.0 Å². The lowest BCUT2D eigenvalue weighted by Crippen LogP contribution is -2.39. The van der Waals surface area contributed by atoms with Crippen LogP contribution in [0.3, 0.4) is 0 Å². The minimum Gasteiger partial charge on any atom is -0.493 e. The molecule has 3 aromatic carbocycles. The van der Waals surface area contributed by atoms with Crippen molar-refractivity contribution < 1.29 is 19.1 Å². The van der Waals surface area contributed by atoms with Gasteiger partial charge in [-0.1, -0.05) is 42.5 Å². The molecule has 8 heteroatoms. The molecule has 0 aromatic heterocycles. The normalized spacial score (nSPS) is 15.3. The smallest absolute Gasteiger partial charge is 0.256 e. The highest BCUT2D eigenvalue weighted by Crippen LogP contribution is 2.30. The Balaban J connectivity index is 1.55. The second-order valence-electron chi connectivity index (χ2n) is 8.06. The molecule has 7 nitrogen and oxygen atoms in total. The zero-order chi connectivity index (χ0) is 24.8. The van der Waals surface area contributed by atoms with E-state index >= 15 is 0 Å². The maximum absolute atomic E-state index is 13.5. The third-order valence-electron chi connectivity index (χ3n) is 5.86. The molecule has 0 aliphatic carbocycles. The molecule has 1 fully saturated rings. The van der Waals surface area contributed by atoms with Gasteiger partial charge >= 0.3 is 0 Å². The van der Waals surface area contributed by atoms with Crippen molar-refractivity contribution in [1.82, 2.24) is 4.90 Å². The highest BCUT2D eigenvalue weighted by molar-refractivity contribution is 7.80. The van der Waals surface area contributed by atoms with E-state index in [0.717, 1.165) is 5.56 Å². The van der Waals surface area contributed by atoms with E-state index in [4.69, 9.17) is 21.7 Å². The largest absolute Gasteiger partial charge is 0.493 e. The van der Waals surface area contributed by atoms with Crippen molar-refractivity contribution in [2.45, 2.75) is 18.9 Å². The van der Waals surface area contributed by atoms with Gasteiger partial charge in [0.2, 0.25) is 5.91 Å². The first-order valence-electron chi connectivity index (χ1n) is 11.3. The Hall–Kier alpha value is -3.91. The summed E-state index contributed by atoms with van der Waals surface area (Å²) in [5.41, 5.74) is 2.37. The first-order chi connectivity index (χ1) is 17.0. The fourth-order valence-corrected chi connectivity index (χ4v) is 4.51. The monoisotopic (exact) mass is 489 g/mol. The molecule has 0 radical (unpaired) electrons. The van der Waals surface area contributed by atoms with E-state index in [2.05, 4.69) is 5.32 Å². The van der Waals surface area contributed by atoms with E-state index in [1.165, 1.54) is 4.90 Å². The summed E-state index contributed by atoms with van der Waals surface area (Å²) in [6, 6.07) is 23.5. The van der Waals surface area contributed by atoms with E-state index in [1.807, 2.05) is 83.8 Å². The average molecular weight is 490 g/mol. The van der Waals surface area contributed by atoms with Crippen LogP contribution in [0.15, 0.2) is 78.9 Å². The van der Waals surface area contributed by atoms with Crippen molar-refractivity contribution in [2.75, 3.05) is 31.0 Å². The Kier molecular flexibility index (Phi) is 7.62. The summed E-state index contributed by atoms with van der Waals surface area (Å²) in [6.45, 7) is 0.465. The molecule has 0 unspecified atom stereocenters. The molecule has 0 saturated carbocycles. The number of carbonyl (C=O) groups is 2. The number of ether oxygens (including phenoxy) is 2. The molecule has 0 bridgehead atoms. The minimum absolute atomic E-state index is 0.0108. The van der Waals surface area contributed by atoms with E-state index < -0.39 is 6.04 Å². The first-order valence-corrected chi connectivity index (χ1v) is 11.7. The molecule has 1 atom stereocenters. The number of rotatable bonds is 9. The molecule has 0 spiro atoms. The maximum Gasteiger partial charge on any atom is 0.256 e. The van der Waals surface area contributed by atoms with Crippen LogP contribution in [-0.2, 0) is 16.0 Å². The van der Waals surface area contributed by atoms with Crippen LogP contribution in [0.2, 0.25) is 0 Å². The minimum atomic E-state index is -0.702. The van der Waals surface area contributed by atoms with Crippen LogP contribution in [0.5, 0.6) is 11.5 Å². The highest BCUT2D eigenvalue weighted by Gasteiger charge is 2.43. The summed E-state index contributed by atoms with van der Waals surface area (Å²) < 4.78 is 10.7. The zero-order valence-corrected chi connectivity index (χ0v) is 20.5. The second-order valence-corrected chi connectivity index (χ2v) is 8.42. The van der Waals surface area contributed by atoms with Gasteiger partial charge in [0.1, 0.15) is 6.04 Å². The number of nitrogens with zero attached hydrogens (tertiary/aromatic N) is 2. The fourth-order valence-electron chi connectivity index (χ4n) is 4.10. The zero-order valence-electron chi connectivity index (χ0n) is 19.6. The lowest BCUT2D eigenvalue weighted by molar-refractivity contribution is -0.124. The number of hydrogen-bond acceptors (Lipinski definition) is 5. The Morgan fingerprint density at radius 2 is 1.60 bits per heavy atom. The number of carbonyl (C=O) groups excluding carboxylic acids is 2. The van der Waals surface area contributed by atoms with Crippen molar-refractivity contribution >= 4 is 40.5 Å². The molecule has 1 saturated heterocycles. The summed E-state index contributed by atoms with van der Waals surface area (Å²) in [5.74, 6) is 0.823. The van der Waals surface area contributed by atoms with E-state index in [-0.39, 0.29) is 18.2 Å². The van der Waals surface area contributed by atoms with Gasteiger partial charge in [0.15, 0.2) is 16.6 Å². The van der Waals surface area contributed by atoms with Gasteiger partial charge in [0.05, 0.1) is 26.3 Å². The molecular formula is C27H27N3O4S.